The predicted octanol–water partition coefficient (Wildman–Crippen LogP) is 1.99. The number of phenolic OH excluding ortho intramolecular Hbond substituents is 4. The van der Waals surface area contributed by atoms with E-state index in [1.165, 1.54) is 24.3 Å². The molecular formula is C25H28O11. The Morgan fingerprint density at radius 1 is 0.778 bits per heavy atom. The lowest BCUT2D eigenvalue weighted by Gasteiger charge is -2.10. The van der Waals surface area contributed by atoms with E-state index in [0.29, 0.717) is 17.5 Å². The Balaban J connectivity index is 0.000000362. The molecule has 11 nitrogen and oxygen atoms in total. The highest BCUT2D eigenvalue weighted by molar-refractivity contribution is 5.81. The van der Waals surface area contributed by atoms with E-state index in [0.717, 1.165) is 12.2 Å². The van der Waals surface area contributed by atoms with Crippen LogP contribution in [0.15, 0.2) is 61.7 Å². The van der Waals surface area contributed by atoms with Gasteiger partial charge < -0.3 is 39.7 Å². The molecule has 0 aliphatic rings. The Labute approximate surface area is 207 Å². The molecule has 1 unspecified atom stereocenters. The summed E-state index contributed by atoms with van der Waals surface area (Å²) in [5.41, 5.74) is 1.30. The molecule has 5 N–H and O–H groups in total. The van der Waals surface area contributed by atoms with Crippen molar-refractivity contribution in [2.45, 2.75) is 25.4 Å². The van der Waals surface area contributed by atoms with Crippen LogP contribution >= 0.6 is 0 Å². The van der Waals surface area contributed by atoms with Crippen molar-refractivity contribution in [3.63, 3.8) is 0 Å². The molecule has 1 atom stereocenters. The molecule has 36 heavy (non-hydrogen) atoms. The predicted molar refractivity (Wildman–Crippen MR) is 126 cm³/mol. The Morgan fingerprint density at radius 2 is 1.31 bits per heavy atom. The number of esters is 3. The molecule has 0 saturated heterocycles. The van der Waals surface area contributed by atoms with Crippen LogP contribution in [0.4, 0.5) is 0 Å². The zero-order valence-electron chi connectivity index (χ0n) is 19.3. The first kappa shape index (κ1) is 29.5. The molecule has 0 heterocycles. The van der Waals surface area contributed by atoms with Gasteiger partial charge in [-0.25, -0.2) is 9.59 Å². The number of rotatable bonds is 11. The van der Waals surface area contributed by atoms with Gasteiger partial charge in [0.25, 0.3) is 0 Å². The highest BCUT2D eigenvalue weighted by Gasteiger charge is 2.10. The van der Waals surface area contributed by atoms with Gasteiger partial charge in [-0.05, 0) is 41.8 Å². The first-order chi connectivity index (χ1) is 17.0. The number of carbonyl (C=O) groups excluding carboxylic acids is 3. The number of aliphatic hydroxyl groups is 1. The minimum atomic E-state index is -0.872. The van der Waals surface area contributed by atoms with Crippen LogP contribution < -0.4 is 0 Å². The molecule has 2 aromatic rings. The molecule has 2 aromatic carbocycles. The monoisotopic (exact) mass is 504 g/mol. The van der Waals surface area contributed by atoms with Crippen LogP contribution in [0.25, 0.3) is 0 Å². The van der Waals surface area contributed by atoms with Crippen LogP contribution in [0.3, 0.4) is 0 Å². The Bertz CT molecular complexity index is 1060. The Kier molecular flexibility index (Phi) is 12.6. The van der Waals surface area contributed by atoms with E-state index in [1.807, 2.05) is 0 Å². The quantitative estimate of drug-likeness (QED) is 0.131. The van der Waals surface area contributed by atoms with Gasteiger partial charge in [0.1, 0.15) is 6.61 Å². The van der Waals surface area contributed by atoms with Gasteiger partial charge in [-0.2, -0.15) is 0 Å². The van der Waals surface area contributed by atoms with E-state index in [9.17, 15) is 29.7 Å². The maximum Gasteiger partial charge on any atom is 0.333 e. The molecule has 0 fully saturated rings. The van der Waals surface area contributed by atoms with Crippen molar-refractivity contribution >= 4 is 17.9 Å². The lowest BCUT2D eigenvalue weighted by Crippen LogP contribution is -2.20. The van der Waals surface area contributed by atoms with E-state index in [4.69, 9.17) is 10.2 Å². The molecule has 194 valence electrons. The maximum atomic E-state index is 11.3. The minimum absolute atomic E-state index is 0.0653. The molecule has 0 spiro atoms. The van der Waals surface area contributed by atoms with Crippen LogP contribution in [0.2, 0.25) is 0 Å². The number of benzene rings is 2. The molecule has 0 aliphatic heterocycles. The van der Waals surface area contributed by atoms with Crippen LogP contribution in [0, 0.1) is 0 Å². The summed E-state index contributed by atoms with van der Waals surface area (Å²) >= 11 is 0. The smallest absolute Gasteiger partial charge is 0.333 e. The molecule has 0 amide bonds. The third-order valence-corrected chi connectivity index (χ3v) is 4.34. The molecule has 0 saturated carbocycles. The summed E-state index contributed by atoms with van der Waals surface area (Å²) in [5.74, 6) is -2.74. The molecule has 0 radical (unpaired) electrons. The van der Waals surface area contributed by atoms with Gasteiger partial charge in [-0.15, -0.1) is 0 Å². The zero-order valence-corrected chi connectivity index (χ0v) is 19.3. The van der Waals surface area contributed by atoms with Crippen LogP contribution in [-0.4, -0.2) is 62.9 Å². The lowest BCUT2D eigenvalue weighted by molar-refractivity contribution is -0.163. The number of hydrogen-bond donors (Lipinski definition) is 5. The fourth-order valence-electron chi connectivity index (χ4n) is 2.52. The van der Waals surface area contributed by atoms with Crippen LogP contribution in [0.1, 0.15) is 17.5 Å². The van der Waals surface area contributed by atoms with Crippen LogP contribution in [0.5, 0.6) is 23.0 Å². The molecule has 2 rings (SSSR count). The van der Waals surface area contributed by atoms with Crippen molar-refractivity contribution in [2.75, 3.05) is 13.4 Å². The SMILES string of the molecule is C=CC(=O)OCC(O)Cc1ccc(O)c(O)c1.C=CC(=O)OCOC(=O)CCc1ccc(O)c(O)c1. The Hall–Kier alpha value is -4.51. The topological polar surface area (TPSA) is 180 Å². The van der Waals surface area contributed by atoms with E-state index < -0.39 is 30.8 Å². The van der Waals surface area contributed by atoms with E-state index >= 15 is 0 Å². The standard InChI is InChI=1S/C13H14O6.C12H14O5/c1-2-12(16)18-8-19-13(17)6-4-9-3-5-10(14)11(15)7-9;1-2-12(16)17-7-9(13)5-8-3-4-10(14)11(15)6-8/h2-3,5,7,14-15H,1,4,6,8H2;2-4,6,9,13-15H,1,5,7H2. The number of hydrogen-bond acceptors (Lipinski definition) is 11. The van der Waals surface area contributed by atoms with Gasteiger partial charge in [-0.3, -0.25) is 4.79 Å². The van der Waals surface area contributed by atoms with Gasteiger partial charge in [-0.1, -0.05) is 25.3 Å². The first-order valence-electron chi connectivity index (χ1n) is 10.5. The normalized spacial score (nSPS) is 10.7. The summed E-state index contributed by atoms with van der Waals surface area (Å²) in [4.78, 5) is 32.7. The van der Waals surface area contributed by atoms with E-state index in [2.05, 4.69) is 27.4 Å². The van der Waals surface area contributed by atoms with Crippen molar-refractivity contribution in [2.24, 2.45) is 0 Å². The zero-order chi connectivity index (χ0) is 27.1. The summed E-state index contributed by atoms with van der Waals surface area (Å²) in [7, 11) is 0. The summed E-state index contributed by atoms with van der Waals surface area (Å²) in [6.45, 7) is 5.82. The van der Waals surface area contributed by atoms with E-state index in [1.54, 1.807) is 12.1 Å². The number of phenols is 4. The average Bonchev–Trinajstić information content (AvgIpc) is 2.85. The second kappa shape index (κ2) is 15.4. The number of aliphatic hydroxyl groups excluding tert-OH is 1. The van der Waals surface area contributed by atoms with Crippen molar-refractivity contribution in [1.29, 1.82) is 0 Å². The third-order valence-electron chi connectivity index (χ3n) is 4.34. The van der Waals surface area contributed by atoms with Crippen molar-refractivity contribution in [3.05, 3.63) is 72.8 Å². The van der Waals surface area contributed by atoms with Gasteiger partial charge >= 0.3 is 17.9 Å². The molecular weight excluding hydrogens is 476 g/mol. The maximum absolute atomic E-state index is 11.3. The summed E-state index contributed by atoms with van der Waals surface area (Å²) < 4.78 is 13.8. The molecule has 11 heteroatoms. The summed E-state index contributed by atoms with van der Waals surface area (Å²) in [6, 6.07) is 8.51. The Morgan fingerprint density at radius 3 is 1.86 bits per heavy atom. The highest BCUT2D eigenvalue weighted by Crippen LogP contribution is 2.26. The molecule has 0 aromatic heterocycles. The van der Waals surface area contributed by atoms with Crippen molar-refractivity contribution in [1.82, 2.24) is 0 Å². The van der Waals surface area contributed by atoms with Gasteiger partial charge in [0.15, 0.2) is 23.0 Å². The largest absolute Gasteiger partial charge is 0.504 e. The van der Waals surface area contributed by atoms with Gasteiger partial charge in [0.2, 0.25) is 6.79 Å². The first-order valence-corrected chi connectivity index (χ1v) is 10.5. The van der Waals surface area contributed by atoms with Crippen LogP contribution in [-0.2, 0) is 41.4 Å². The second-order valence-corrected chi connectivity index (χ2v) is 7.14. The number of aromatic hydroxyl groups is 4. The summed E-state index contributed by atoms with van der Waals surface area (Å²) in [5, 5.41) is 46.3. The van der Waals surface area contributed by atoms with Gasteiger partial charge in [0.05, 0.1) is 6.10 Å². The molecule has 0 bridgehead atoms. The average molecular weight is 504 g/mol. The van der Waals surface area contributed by atoms with Gasteiger partial charge in [0, 0.05) is 25.0 Å². The number of carbonyl (C=O) groups is 3. The number of ether oxygens (including phenoxy) is 3. The minimum Gasteiger partial charge on any atom is -0.504 e. The second-order valence-electron chi connectivity index (χ2n) is 7.14. The van der Waals surface area contributed by atoms with Crippen molar-refractivity contribution < 1.29 is 54.1 Å². The molecule has 0 aliphatic carbocycles. The third kappa shape index (κ3) is 11.6. The lowest BCUT2D eigenvalue weighted by atomic mass is 10.1. The highest BCUT2D eigenvalue weighted by atomic mass is 16.7. The van der Waals surface area contributed by atoms with Crippen molar-refractivity contribution in [3.8, 4) is 23.0 Å². The summed E-state index contributed by atoms with van der Waals surface area (Å²) in [6.07, 6.45) is 1.71. The fraction of sp³-hybridized carbons (Fsp3) is 0.240. The number of aryl methyl sites for hydroxylation is 1. The van der Waals surface area contributed by atoms with E-state index in [-0.39, 0.29) is 42.4 Å². The fourth-order valence-corrected chi connectivity index (χ4v) is 2.52.